The Hall–Kier alpha value is -1.29. The molecule has 160 valence electrons. The maximum atomic E-state index is 5.50. The van der Waals surface area contributed by atoms with Gasteiger partial charge in [-0.05, 0) is 60.1 Å². The number of piperazine rings is 1. The normalized spacial score (nSPS) is 24.7. The third kappa shape index (κ3) is 5.07. The van der Waals surface area contributed by atoms with Crippen molar-refractivity contribution in [3.8, 4) is 0 Å². The van der Waals surface area contributed by atoms with Crippen LogP contribution in [0.1, 0.15) is 75.1 Å². The summed E-state index contributed by atoms with van der Waals surface area (Å²) in [4.78, 5) is 2.63. The largest absolute Gasteiger partial charge is 0.472 e. The molecule has 0 amide bonds. The van der Waals surface area contributed by atoms with Crippen molar-refractivity contribution in [1.29, 1.82) is 0 Å². The van der Waals surface area contributed by atoms with Crippen LogP contribution < -0.4 is 5.32 Å². The van der Waals surface area contributed by atoms with Gasteiger partial charge in [0.15, 0.2) is 0 Å². The van der Waals surface area contributed by atoms with Crippen molar-refractivity contribution in [2.24, 2.45) is 11.3 Å². The average Bonchev–Trinajstić information content (AvgIpc) is 3.23. The molecule has 2 aliphatic rings. The van der Waals surface area contributed by atoms with Gasteiger partial charge in [-0.3, -0.25) is 4.90 Å². The monoisotopic (exact) mass is 416 g/mol. The Kier molecular flexibility index (Phi) is 7.47. The standard InChI is InChI=1S/C25H36N2O.ClH/c1-25(2,3)21-10-8-19(9-11-21)22-6-4-5-7-23(22)24(20-12-17-28-18-20)27-15-13-26-14-16-27;/h4-7,12,17-19,21,24,26H,8-11,13-16H2,1-3H3;1H. The molecule has 2 aromatic rings. The highest BCUT2D eigenvalue weighted by Gasteiger charge is 2.33. The fourth-order valence-electron chi connectivity index (χ4n) is 5.36. The van der Waals surface area contributed by atoms with E-state index in [4.69, 9.17) is 4.42 Å². The Bertz CT molecular complexity index is 738. The summed E-state index contributed by atoms with van der Waals surface area (Å²) in [6.45, 7) is 11.5. The van der Waals surface area contributed by atoms with Crippen LogP contribution in [-0.4, -0.2) is 31.1 Å². The second-order valence-electron chi connectivity index (χ2n) is 9.79. The van der Waals surface area contributed by atoms with E-state index in [1.54, 1.807) is 5.56 Å². The first kappa shape index (κ1) is 22.4. The third-order valence-corrected chi connectivity index (χ3v) is 7.06. The predicted molar refractivity (Wildman–Crippen MR) is 123 cm³/mol. The smallest absolute Gasteiger partial charge is 0.0953 e. The molecule has 1 saturated heterocycles. The molecule has 0 radical (unpaired) electrons. The Morgan fingerprint density at radius 1 is 1.00 bits per heavy atom. The zero-order valence-electron chi connectivity index (χ0n) is 18.2. The van der Waals surface area contributed by atoms with E-state index in [-0.39, 0.29) is 12.4 Å². The third-order valence-electron chi connectivity index (χ3n) is 7.06. The molecule has 1 aliphatic carbocycles. The highest BCUT2D eigenvalue weighted by Crippen LogP contribution is 2.45. The number of halogens is 1. The minimum absolute atomic E-state index is 0. The minimum atomic E-state index is 0. The molecule has 29 heavy (non-hydrogen) atoms. The fraction of sp³-hybridized carbons (Fsp3) is 0.600. The molecule has 4 rings (SSSR count). The van der Waals surface area contributed by atoms with Crippen molar-refractivity contribution in [1.82, 2.24) is 10.2 Å². The molecule has 1 unspecified atom stereocenters. The van der Waals surface area contributed by atoms with Gasteiger partial charge in [0.25, 0.3) is 0 Å². The van der Waals surface area contributed by atoms with E-state index in [9.17, 15) is 0 Å². The van der Waals surface area contributed by atoms with Gasteiger partial charge in [-0.2, -0.15) is 0 Å². The van der Waals surface area contributed by atoms with Crippen molar-refractivity contribution in [2.45, 2.75) is 58.4 Å². The quantitative estimate of drug-likeness (QED) is 0.660. The second kappa shape index (κ2) is 9.68. The lowest BCUT2D eigenvalue weighted by Gasteiger charge is -2.39. The maximum Gasteiger partial charge on any atom is 0.0953 e. The molecular weight excluding hydrogens is 380 g/mol. The van der Waals surface area contributed by atoms with Crippen LogP contribution in [0.5, 0.6) is 0 Å². The van der Waals surface area contributed by atoms with E-state index in [1.165, 1.54) is 36.8 Å². The summed E-state index contributed by atoms with van der Waals surface area (Å²) in [5.74, 6) is 1.54. The molecule has 0 bridgehead atoms. The van der Waals surface area contributed by atoms with Crippen LogP contribution in [0.2, 0.25) is 0 Å². The Labute approximate surface area is 182 Å². The summed E-state index contributed by atoms with van der Waals surface area (Å²) < 4.78 is 5.50. The van der Waals surface area contributed by atoms with Crippen molar-refractivity contribution in [3.05, 3.63) is 59.5 Å². The summed E-state index contributed by atoms with van der Waals surface area (Å²) in [6, 6.07) is 11.7. The van der Waals surface area contributed by atoms with Crippen LogP contribution in [0.3, 0.4) is 0 Å². The van der Waals surface area contributed by atoms with Gasteiger partial charge in [-0.25, -0.2) is 0 Å². The first-order valence-electron chi connectivity index (χ1n) is 11.1. The Balaban J connectivity index is 0.00000240. The molecule has 1 atom stereocenters. The first-order chi connectivity index (χ1) is 13.5. The maximum absolute atomic E-state index is 5.50. The number of nitrogens with one attached hydrogen (secondary N) is 1. The average molecular weight is 417 g/mol. The van der Waals surface area contributed by atoms with E-state index >= 15 is 0 Å². The van der Waals surface area contributed by atoms with Crippen molar-refractivity contribution >= 4 is 12.4 Å². The first-order valence-corrected chi connectivity index (χ1v) is 11.1. The summed E-state index contributed by atoms with van der Waals surface area (Å²) in [7, 11) is 0. The molecule has 3 nitrogen and oxygen atoms in total. The van der Waals surface area contributed by atoms with E-state index in [0.717, 1.165) is 32.1 Å². The summed E-state index contributed by atoms with van der Waals surface area (Å²) >= 11 is 0. The number of furan rings is 1. The van der Waals surface area contributed by atoms with Crippen molar-refractivity contribution in [3.63, 3.8) is 0 Å². The minimum Gasteiger partial charge on any atom is -0.472 e. The number of hydrogen-bond acceptors (Lipinski definition) is 3. The molecule has 1 aromatic heterocycles. The Morgan fingerprint density at radius 3 is 2.31 bits per heavy atom. The van der Waals surface area contributed by atoms with Gasteiger partial charge in [0.2, 0.25) is 0 Å². The Morgan fingerprint density at radius 2 is 1.69 bits per heavy atom. The van der Waals surface area contributed by atoms with Crippen LogP contribution >= 0.6 is 12.4 Å². The van der Waals surface area contributed by atoms with Crippen LogP contribution in [-0.2, 0) is 0 Å². The molecule has 2 fully saturated rings. The van der Waals surface area contributed by atoms with Crippen molar-refractivity contribution < 1.29 is 4.42 Å². The SMILES string of the molecule is CC(C)(C)C1CCC(c2ccccc2C(c2ccoc2)N2CCNCC2)CC1.Cl. The van der Waals surface area contributed by atoms with Gasteiger partial charge in [0.1, 0.15) is 0 Å². The second-order valence-corrected chi connectivity index (χ2v) is 9.79. The number of nitrogens with zero attached hydrogens (tertiary/aromatic N) is 1. The highest BCUT2D eigenvalue weighted by atomic mass is 35.5. The fourth-order valence-corrected chi connectivity index (χ4v) is 5.36. The van der Waals surface area contributed by atoms with Gasteiger partial charge in [-0.1, -0.05) is 45.0 Å². The summed E-state index contributed by atoms with van der Waals surface area (Å²) in [5.41, 5.74) is 4.78. The van der Waals surface area contributed by atoms with Gasteiger partial charge in [-0.15, -0.1) is 12.4 Å². The molecule has 1 saturated carbocycles. The molecule has 1 N–H and O–H groups in total. The van der Waals surface area contributed by atoms with Crippen molar-refractivity contribution in [2.75, 3.05) is 26.2 Å². The lowest BCUT2D eigenvalue weighted by atomic mass is 9.68. The van der Waals surface area contributed by atoms with Crippen LogP contribution in [0, 0.1) is 11.3 Å². The summed E-state index contributed by atoms with van der Waals surface area (Å²) in [5, 5.41) is 3.50. The number of rotatable bonds is 4. The molecule has 2 heterocycles. The van der Waals surface area contributed by atoms with Gasteiger partial charge < -0.3 is 9.73 Å². The number of hydrogen-bond donors (Lipinski definition) is 1. The zero-order chi connectivity index (χ0) is 19.6. The van der Waals surface area contributed by atoms with Gasteiger partial charge >= 0.3 is 0 Å². The molecule has 4 heteroatoms. The van der Waals surface area contributed by atoms with Crippen LogP contribution in [0.4, 0.5) is 0 Å². The lowest BCUT2D eigenvalue weighted by molar-refractivity contribution is 0.167. The lowest BCUT2D eigenvalue weighted by Crippen LogP contribution is -2.45. The van der Waals surface area contributed by atoms with Gasteiger partial charge in [0, 0.05) is 31.7 Å². The molecule has 0 spiro atoms. The zero-order valence-corrected chi connectivity index (χ0v) is 19.0. The predicted octanol–water partition coefficient (Wildman–Crippen LogP) is 6.02. The highest BCUT2D eigenvalue weighted by molar-refractivity contribution is 5.85. The van der Waals surface area contributed by atoms with E-state index in [0.29, 0.717) is 17.4 Å². The topological polar surface area (TPSA) is 28.4 Å². The van der Waals surface area contributed by atoms with Crippen LogP contribution in [0.15, 0.2) is 47.3 Å². The summed E-state index contributed by atoms with van der Waals surface area (Å²) in [6.07, 6.45) is 9.11. The molecular formula is C25H37ClN2O. The van der Waals surface area contributed by atoms with E-state index in [2.05, 4.69) is 61.3 Å². The molecule has 1 aliphatic heterocycles. The molecule has 1 aromatic carbocycles. The van der Waals surface area contributed by atoms with Gasteiger partial charge in [0.05, 0.1) is 18.6 Å². The van der Waals surface area contributed by atoms with E-state index < -0.39 is 0 Å². The van der Waals surface area contributed by atoms with E-state index in [1.807, 2.05) is 12.5 Å². The van der Waals surface area contributed by atoms with Crippen LogP contribution in [0.25, 0.3) is 0 Å². The number of benzene rings is 1.